The van der Waals surface area contributed by atoms with Crippen molar-refractivity contribution in [3.8, 4) is 0 Å². The molecule has 18 nitrogen and oxygen atoms in total. The summed E-state index contributed by atoms with van der Waals surface area (Å²) in [6.45, 7) is 0.549. The Kier molecular flexibility index (Phi) is 34.5. The number of nitrogens with one attached hydrogen (secondary N) is 4. The second-order valence-electron chi connectivity index (χ2n) is 13.0. The van der Waals surface area contributed by atoms with Gasteiger partial charge in [-0.25, -0.2) is 4.79 Å². The van der Waals surface area contributed by atoms with Gasteiger partial charge in [-0.15, -0.1) is 0 Å². The largest absolute Gasteiger partial charge is 0.481 e. The van der Waals surface area contributed by atoms with Crippen molar-refractivity contribution in [2.24, 2.45) is 0 Å². The molecule has 318 valence electrons. The van der Waals surface area contributed by atoms with E-state index in [0.29, 0.717) is 6.42 Å². The van der Waals surface area contributed by atoms with Crippen molar-refractivity contribution in [3.05, 3.63) is 0 Å². The molecule has 0 aliphatic carbocycles. The highest BCUT2D eigenvalue weighted by Crippen LogP contribution is 2.14. The molecular formula is C37H66N4O14. The molecule has 0 aromatic rings. The highest BCUT2D eigenvalue weighted by atomic mass is 16.5. The molecule has 55 heavy (non-hydrogen) atoms. The van der Waals surface area contributed by atoms with Crippen LogP contribution in [0.25, 0.3) is 0 Å². The summed E-state index contributed by atoms with van der Waals surface area (Å²) in [5.74, 6) is -4.65. The number of rotatable bonds is 40. The normalized spacial score (nSPS) is 11.4. The Morgan fingerprint density at radius 1 is 0.418 bits per heavy atom. The lowest BCUT2D eigenvalue weighted by Crippen LogP contribution is -2.41. The third-order valence-electron chi connectivity index (χ3n) is 8.12. The molecule has 1 atom stereocenters. The maximum atomic E-state index is 12.3. The van der Waals surface area contributed by atoms with E-state index in [9.17, 15) is 38.7 Å². The molecule has 0 fully saturated rings. The van der Waals surface area contributed by atoms with E-state index in [-0.39, 0.29) is 109 Å². The number of carbonyl (C=O) groups excluding carboxylic acids is 4. The van der Waals surface area contributed by atoms with Crippen LogP contribution < -0.4 is 21.3 Å². The van der Waals surface area contributed by atoms with Crippen LogP contribution in [0.4, 0.5) is 0 Å². The van der Waals surface area contributed by atoms with Crippen LogP contribution in [0.2, 0.25) is 0 Å². The number of hydrogen-bond acceptors (Lipinski definition) is 11. The zero-order valence-corrected chi connectivity index (χ0v) is 32.4. The molecule has 0 aromatic carbocycles. The van der Waals surface area contributed by atoms with Gasteiger partial charge >= 0.3 is 17.9 Å². The van der Waals surface area contributed by atoms with Gasteiger partial charge in [0.1, 0.15) is 25.8 Å². The number of carbonyl (C=O) groups is 7. The highest BCUT2D eigenvalue weighted by Gasteiger charge is 2.20. The third kappa shape index (κ3) is 38.2. The molecule has 7 N–H and O–H groups in total. The summed E-state index contributed by atoms with van der Waals surface area (Å²) in [6, 6.07) is -1.15. The van der Waals surface area contributed by atoms with Crippen LogP contribution in [0.15, 0.2) is 0 Å². The quantitative estimate of drug-likeness (QED) is 0.0439. The summed E-state index contributed by atoms with van der Waals surface area (Å²) in [7, 11) is 0. The fourth-order valence-electron chi connectivity index (χ4n) is 5.14. The Morgan fingerprint density at radius 3 is 1.29 bits per heavy atom. The van der Waals surface area contributed by atoms with Crippen molar-refractivity contribution in [2.75, 3.05) is 72.5 Å². The number of hydrogen-bond donors (Lipinski definition) is 7. The number of carboxylic acid groups (broad SMARTS) is 3. The molecule has 0 aliphatic rings. The summed E-state index contributed by atoms with van der Waals surface area (Å²) in [6.07, 6.45) is 15.4. The average Bonchev–Trinajstić information content (AvgIpc) is 3.14. The van der Waals surface area contributed by atoms with Gasteiger partial charge < -0.3 is 55.5 Å². The first kappa shape index (κ1) is 51.1. The van der Waals surface area contributed by atoms with Gasteiger partial charge in [0, 0.05) is 32.4 Å². The molecule has 0 radical (unpaired) electrons. The van der Waals surface area contributed by atoms with E-state index in [4.69, 9.17) is 29.2 Å². The van der Waals surface area contributed by atoms with Crippen LogP contribution in [0.1, 0.15) is 116 Å². The molecular weight excluding hydrogens is 724 g/mol. The lowest BCUT2D eigenvalue weighted by Gasteiger charge is -2.14. The van der Waals surface area contributed by atoms with Crippen molar-refractivity contribution in [2.45, 2.75) is 122 Å². The van der Waals surface area contributed by atoms with E-state index in [1.807, 2.05) is 0 Å². The van der Waals surface area contributed by atoms with Gasteiger partial charge in [-0.3, -0.25) is 28.8 Å². The van der Waals surface area contributed by atoms with Gasteiger partial charge in [0.15, 0.2) is 0 Å². The topological polar surface area (TPSA) is 265 Å². The maximum absolute atomic E-state index is 12.3. The van der Waals surface area contributed by atoms with Crippen LogP contribution in [-0.4, -0.2) is 135 Å². The van der Waals surface area contributed by atoms with Crippen LogP contribution in [0, 0.1) is 0 Å². The zero-order valence-electron chi connectivity index (χ0n) is 32.4. The molecule has 0 aromatic heterocycles. The minimum atomic E-state index is -1.19. The summed E-state index contributed by atoms with van der Waals surface area (Å²) in [5.41, 5.74) is 0. The second kappa shape index (κ2) is 37.1. The Morgan fingerprint density at radius 2 is 0.836 bits per heavy atom. The first-order valence-electron chi connectivity index (χ1n) is 19.6. The standard InChI is InChI=1S/C37H66N4O14/c42-31(38-19-21-52-23-25-54-28-33(44)39-20-22-53-24-26-55-29-34(45)40-27-36(48)49)18-17-30(37(50)51)41-32(43)15-13-11-9-7-5-3-1-2-4-6-8-10-12-14-16-35(46)47/h30H,1-29H2,(H,38,42)(H,39,44)(H,40,45)(H,41,43)(H,46,47)(H,48,49)(H,50,51). The molecule has 0 spiro atoms. The number of carboxylic acids is 3. The Balaban J connectivity index is 3.66. The second-order valence-corrected chi connectivity index (χ2v) is 13.0. The Hall–Kier alpha value is -3.87. The van der Waals surface area contributed by atoms with Crippen molar-refractivity contribution in [1.82, 2.24) is 21.3 Å². The Labute approximate surface area is 324 Å². The predicted octanol–water partition coefficient (Wildman–Crippen LogP) is 2.16. The van der Waals surface area contributed by atoms with E-state index in [1.165, 1.54) is 38.5 Å². The molecule has 0 saturated carbocycles. The van der Waals surface area contributed by atoms with Crippen molar-refractivity contribution < 1.29 is 67.8 Å². The van der Waals surface area contributed by atoms with Crippen LogP contribution in [0.5, 0.6) is 0 Å². The smallest absolute Gasteiger partial charge is 0.326 e. The van der Waals surface area contributed by atoms with Gasteiger partial charge in [-0.1, -0.05) is 77.0 Å². The summed E-state index contributed by atoms with van der Waals surface area (Å²) >= 11 is 0. The maximum Gasteiger partial charge on any atom is 0.326 e. The average molecular weight is 791 g/mol. The van der Waals surface area contributed by atoms with E-state index < -0.39 is 36.4 Å². The van der Waals surface area contributed by atoms with Gasteiger partial charge in [0.25, 0.3) is 0 Å². The van der Waals surface area contributed by atoms with Crippen LogP contribution in [0.3, 0.4) is 0 Å². The van der Waals surface area contributed by atoms with Gasteiger partial charge in [-0.05, 0) is 19.3 Å². The number of aliphatic carboxylic acids is 3. The lowest BCUT2D eigenvalue weighted by atomic mass is 10.0. The molecule has 0 aliphatic heterocycles. The zero-order chi connectivity index (χ0) is 40.8. The summed E-state index contributed by atoms with van der Waals surface area (Å²) in [5, 5.41) is 36.5. The highest BCUT2D eigenvalue weighted by molar-refractivity contribution is 5.84. The fourth-order valence-corrected chi connectivity index (χ4v) is 5.14. The SMILES string of the molecule is O=C(O)CCCCCCCCCCCCCCCCC(=O)NC(CCC(=O)NCCOCCOCC(=O)NCCOCCOCC(=O)NCC(=O)O)C(=O)O. The summed E-state index contributed by atoms with van der Waals surface area (Å²) < 4.78 is 20.9. The van der Waals surface area contributed by atoms with Crippen molar-refractivity contribution >= 4 is 41.5 Å². The van der Waals surface area contributed by atoms with Crippen molar-refractivity contribution in [3.63, 3.8) is 0 Å². The minimum Gasteiger partial charge on any atom is -0.481 e. The Bertz CT molecular complexity index is 1080. The molecule has 0 heterocycles. The summed E-state index contributed by atoms with van der Waals surface area (Å²) in [4.78, 5) is 79.9. The van der Waals surface area contributed by atoms with E-state index in [0.717, 1.165) is 44.9 Å². The molecule has 4 amide bonds. The fraction of sp³-hybridized carbons (Fsp3) is 0.811. The molecule has 0 rings (SSSR count). The molecule has 0 bridgehead atoms. The van der Waals surface area contributed by atoms with Gasteiger partial charge in [0.05, 0.1) is 39.6 Å². The minimum absolute atomic E-state index is 0.0331. The monoisotopic (exact) mass is 790 g/mol. The van der Waals surface area contributed by atoms with Crippen molar-refractivity contribution in [1.29, 1.82) is 0 Å². The van der Waals surface area contributed by atoms with Gasteiger partial charge in [-0.2, -0.15) is 0 Å². The molecule has 18 heteroatoms. The van der Waals surface area contributed by atoms with E-state index >= 15 is 0 Å². The first-order valence-corrected chi connectivity index (χ1v) is 19.6. The lowest BCUT2D eigenvalue weighted by molar-refractivity contribution is -0.142. The number of amides is 4. The third-order valence-corrected chi connectivity index (χ3v) is 8.12. The van der Waals surface area contributed by atoms with E-state index in [2.05, 4.69) is 21.3 Å². The number of ether oxygens (including phenoxy) is 4. The van der Waals surface area contributed by atoms with E-state index in [1.54, 1.807) is 0 Å². The number of unbranched alkanes of at least 4 members (excludes halogenated alkanes) is 13. The van der Waals surface area contributed by atoms with Gasteiger partial charge in [0.2, 0.25) is 23.6 Å². The molecule has 0 saturated heterocycles. The van der Waals surface area contributed by atoms with Crippen LogP contribution >= 0.6 is 0 Å². The predicted molar refractivity (Wildman–Crippen MR) is 200 cm³/mol. The first-order chi connectivity index (χ1) is 26.5. The molecule has 1 unspecified atom stereocenters. The van der Waals surface area contributed by atoms with Crippen LogP contribution in [-0.2, 0) is 52.5 Å².